The molecule has 0 radical (unpaired) electrons. The van der Waals surface area contributed by atoms with Crippen molar-refractivity contribution in [2.45, 2.75) is 40.0 Å². The SMILES string of the molecule is CCc1cccc2c(C(=O)CC(C)CC)c[nH]c12. The quantitative estimate of drug-likeness (QED) is 0.778. The number of nitrogens with one attached hydrogen (secondary N) is 1. The summed E-state index contributed by atoms with van der Waals surface area (Å²) in [7, 11) is 0. The molecule has 1 aromatic heterocycles. The Bertz CT molecular complexity index is 553. The van der Waals surface area contributed by atoms with Gasteiger partial charge in [-0.15, -0.1) is 0 Å². The van der Waals surface area contributed by atoms with Crippen molar-refractivity contribution in [1.82, 2.24) is 4.98 Å². The minimum absolute atomic E-state index is 0.254. The molecule has 96 valence electrons. The van der Waals surface area contributed by atoms with Gasteiger partial charge in [-0.2, -0.15) is 0 Å². The number of fused-ring (bicyclic) bond motifs is 1. The molecule has 2 nitrogen and oxygen atoms in total. The summed E-state index contributed by atoms with van der Waals surface area (Å²) >= 11 is 0. The third kappa shape index (κ3) is 2.33. The largest absolute Gasteiger partial charge is 0.360 e. The average Bonchev–Trinajstić information content (AvgIpc) is 2.82. The molecule has 1 atom stereocenters. The Morgan fingerprint density at radius 3 is 2.78 bits per heavy atom. The van der Waals surface area contributed by atoms with E-state index in [1.54, 1.807) is 0 Å². The van der Waals surface area contributed by atoms with Crippen LogP contribution in [-0.2, 0) is 6.42 Å². The first kappa shape index (κ1) is 12.9. The highest BCUT2D eigenvalue weighted by molar-refractivity contribution is 6.08. The van der Waals surface area contributed by atoms with Gasteiger partial charge in [0.15, 0.2) is 5.78 Å². The van der Waals surface area contributed by atoms with Crippen LogP contribution in [0.2, 0.25) is 0 Å². The van der Waals surface area contributed by atoms with Crippen molar-refractivity contribution in [3.8, 4) is 0 Å². The van der Waals surface area contributed by atoms with Gasteiger partial charge in [0.25, 0.3) is 0 Å². The van der Waals surface area contributed by atoms with Gasteiger partial charge in [0.2, 0.25) is 0 Å². The summed E-state index contributed by atoms with van der Waals surface area (Å²) in [5.41, 5.74) is 3.24. The molecule has 2 heteroatoms. The molecule has 1 heterocycles. The lowest BCUT2D eigenvalue weighted by Gasteiger charge is -2.06. The molecule has 0 saturated heterocycles. The molecule has 0 fully saturated rings. The first-order chi connectivity index (χ1) is 8.67. The van der Waals surface area contributed by atoms with E-state index in [0.717, 1.165) is 29.3 Å². The standard InChI is InChI=1S/C16H21NO/c1-4-11(3)9-15(18)14-10-17-16-12(5-2)7-6-8-13(14)16/h6-8,10-11,17H,4-5,9H2,1-3H3. The van der Waals surface area contributed by atoms with Crippen LogP contribution in [0.25, 0.3) is 10.9 Å². The van der Waals surface area contributed by atoms with Gasteiger partial charge in [-0.1, -0.05) is 45.4 Å². The van der Waals surface area contributed by atoms with Crippen molar-refractivity contribution < 1.29 is 4.79 Å². The van der Waals surface area contributed by atoms with Crippen molar-refractivity contribution in [3.63, 3.8) is 0 Å². The maximum atomic E-state index is 12.3. The molecular weight excluding hydrogens is 222 g/mol. The molecule has 0 spiro atoms. The molecule has 0 aliphatic carbocycles. The Labute approximate surface area is 108 Å². The Balaban J connectivity index is 2.37. The predicted octanol–water partition coefficient (Wildman–Crippen LogP) is 4.35. The van der Waals surface area contributed by atoms with Crippen molar-refractivity contribution in [1.29, 1.82) is 0 Å². The second-order valence-electron chi connectivity index (χ2n) is 5.04. The number of ketones is 1. The fraction of sp³-hybridized carbons (Fsp3) is 0.438. The number of aromatic amines is 1. The van der Waals surface area contributed by atoms with Gasteiger partial charge in [0.1, 0.15) is 0 Å². The van der Waals surface area contributed by atoms with Crippen LogP contribution < -0.4 is 0 Å². The highest BCUT2D eigenvalue weighted by Crippen LogP contribution is 2.24. The number of hydrogen-bond acceptors (Lipinski definition) is 1. The third-order valence-electron chi connectivity index (χ3n) is 3.71. The van der Waals surface area contributed by atoms with E-state index in [-0.39, 0.29) is 5.78 Å². The smallest absolute Gasteiger partial charge is 0.165 e. The van der Waals surface area contributed by atoms with Gasteiger partial charge in [0.05, 0.1) is 0 Å². The van der Waals surface area contributed by atoms with Crippen molar-refractivity contribution in [3.05, 3.63) is 35.5 Å². The van der Waals surface area contributed by atoms with Crippen molar-refractivity contribution in [2.24, 2.45) is 5.92 Å². The minimum Gasteiger partial charge on any atom is -0.360 e. The van der Waals surface area contributed by atoms with Crippen molar-refractivity contribution in [2.75, 3.05) is 0 Å². The molecule has 1 N–H and O–H groups in total. The van der Waals surface area contributed by atoms with Gasteiger partial charge in [0, 0.05) is 29.1 Å². The highest BCUT2D eigenvalue weighted by Gasteiger charge is 2.15. The molecule has 18 heavy (non-hydrogen) atoms. The Morgan fingerprint density at radius 1 is 1.33 bits per heavy atom. The van der Waals surface area contributed by atoms with E-state index in [1.165, 1.54) is 5.56 Å². The summed E-state index contributed by atoms with van der Waals surface area (Å²) in [6, 6.07) is 6.19. The molecule has 1 unspecified atom stereocenters. The van der Waals surface area contributed by atoms with E-state index >= 15 is 0 Å². The van der Waals surface area contributed by atoms with Gasteiger partial charge in [-0.25, -0.2) is 0 Å². The van der Waals surface area contributed by atoms with Crippen LogP contribution in [0.1, 0.15) is 49.5 Å². The van der Waals surface area contributed by atoms with Crippen LogP contribution in [0.5, 0.6) is 0 Å². The van der Waals surface area contributed by atoms with Crippen LogP contribution in [0.3, 0.4) is 0 Å². The Morgan fingerprint density at radius 2 is 2.11 bits per heavy atom. The topological polar surface area (TPSA) is 32.9 Å². The zero-order valence-electron chi connectivity index (χ0n) is 11.4. The summed E-state index contributed by atoms with van der Waals surface area (Å²) in [5, 5.41) is 1.07. The van der Waals surface area contributed by atoms with Crippen LogP contribution in [-0.4, -0.2) is 10.8 Å². The molecule has 0 aliphatic rings. The molecule has 0 amide bonds. The summed E-state index contributed by atoms with van der Waals surface area (Å²) in [6.07, 6.45) is 4.54. The molecule has 2 aromatic rings. The zero-order valence-corrected chi connectivity index (χ0v) is 11.4. The number of hydrogen-bond donors (Lipinski definition) is 1. The fourth-order valence-electron chi connectivity index (χ4n) is 2.31. The molecule has 0 saturated carbocycles. The Hall–Kier alpha value is -1.57. The number of Topliss-reactive ketones (excluding diaryl/α,β-unsaturated/α-hetero) is 1. The molecule has 0 bridgehead atoms. The number of aromatic nitrogens is 1. The van der Waals surface area contributed by atoms with Gasteiger partial charge in [-0.05, 0) is 17.9 Å². The number of H-pyrrole nitrogens is 1. The maximum absolute atomic E-state index is 12.3. The number of rotatable bonds is 5. The molecular formula is C16H21NO. The Kier molecular flexibility index (Phi) is 3.85. The number of para-hydroxylation sites is 1. The average molecular weight is 243 g/mol. The molecule has 0 aliphatic heterocycles. The second kappa shape index (κ2) is 5.38. The summed E-state index contributed by atoms with van der Waals surface area (Å²) in [5.74, 6) is 0.709. The number of aryl methyl sites for hydroxylation is 1. The summed E-state index contributed by atoms with van der Waals surface area (Å²) in [6.45, 7) is 6.39. The van der Waals surface area contributed by atoms with Crippen LogP contribution in [0.4, 0.5) is 0 Å². The van der Waals surface area contributed by atoms with E-state index in [0.29, 0.717) is 12.3 Å². The lowest BCUT2D eigenvalue weighted by molar-refractivity contribution is 0.0965. The lowest BCUT2D eigenvalue weighted by atomic mass is 9.97. The number of carbonyl (C=O) groups is 1. The zero-order chi connectivity index (χ0) is 13.1. The van der Waals surface area contributed by atoms with E-state index in [9.17, 15) is 4.79 Å². The molecule has 2 rings (SSSR count). The van der Waals surface area contributed by atoms with Gasteiger partial charge >= 0.3 is 0 Å². The minimum atomic E-state index is 0.254. The maximum Gasteiger partial charge on any atom is 0.165 e. The monoisotopic (exact) mass is 243 g/mol. The number of carbonyl (C=O) groups excluding carboxylic acids is 1. The first-order valence-electron chi connectivity index (χ1n) is 6.79. The fourth-order valence-corrected chi connectivity index (χ4v) is 2.31. The van der Waals surface area contributed by atoms with Crippen LogP contribution in [0.15, 0.2) is 24.4 Å². The first-order valence-corrected chi connectivity index (χ1v) is 6.79. The van der Waals surface area contributed by atoms with Crippen LogP contribution in [0, 0.1) is 5.92 Å². The lowest BCUT2D eigenvalue weighted by Crippen LogP contribution is -2.04. The van der Waals surface area contributed by atoms with Gasteiger partial charge in [-0.3, -0.25) is 4.79 Å². The van der Waals surface area contributed by atoms with E-state index in [1.807, 2.05) is 18.3 Å². The van der Waals surface area contributed by atoms with E-state index in [4.69, 9.17) is 0 Å². The third-order valence-corrected chi connectivity index (χ3v) is 3.71. The van der Waals surface area contributed by atoms with Crippen LogP contribution >= 0.6 is 0 Å². The summed E-state index contributed by atoms with van der Waals surface area (Å²) < 4.78 is 0. The molecule has 1 aromatic carbocycles. The van der Waals surface area contributed by atoms with E-state index < -0.39 is 0 Å². The number of benzene rings is 1. The van der Waals surface area contributed by atoms with E-state index in [2.05, 4.69) is 31.8 Å². The normalized spacial score (nSPS) is 12.8. The predicted molar refractivity (Wildman–Crippen MR) is 76.1 cm³/mol. The highest BCUT2D eigenvalue weighted by atomic mass is 16.1. The van der Waals surface area contributed by atoms with Gasteiger partial charge < -0.3 is 4.98 Å². The second-order valence-corrected chi connectivity index (χ2v) is 5.04. The van der Waals surface area contributed by atoms with Crippen molar-refractivity contribution >= 4 is 16.7 Å². The summed E-state index contributed by atoms with van der Waals surface area (Å²) in [4.78, 5) is 15.5.